The van der Waals surface area contributed by atoms with Crippen LogP contribution in [0.5, 0.6) is 0 Å². The fraction of sp³-hybridized carbons (Fsp3) is 0.865. The summed E-state index contributed by atoms with van der Waals surface area (Å²) in [6, 6.07) is 0. The van der Waals surface area contributed by atoms with Gasteiger partial charge in [-0.3, -0.25) is 9.59 Å². The standard InChI is InChI=1S/C37H69NO6/c1-5-9-10-11-12-13-14-15-16-17-18-19-20-21-22-23-24-25-26-27-28-38(29-32(6-2)35(39)40,30-33(7-3)36(41)42)31-34(8-4)37(43)44/h24-25,32-34H,5-23,26-31H2,1-4H3,(H2-,39,40,41,42,43,44)/b25-24+. The number of quaternary nitrogens is 1. The third kappa shape index (κ3) is 21.0. The summed E-state index contributed by atoms with van der Waals surface area (Å²) >= 11 is 0. The summed E-state index contributed by atoms with van der Waals surface area (Å²) in [6.07, 6.45) is 28.6. The van der Waals surface area contributed by atoms with E-state index >= 15 is 0 Å². The fourth-order valence-corrected chi connectivity index (χ4v) is 6.45. The molecule has 258 valence electrons. The van der Waals surface area contributed by atoms with Crippen molar-refractivity contribution in [3.8, 4) is 0 Å². The fourth-order valence-electron chi connectivity index (χ4n) is 6.45. The van der Waals surface area contributed by atoms with Crippen molar-refractivity contribution in [3.05, 3.63) is 12.2 Å². The molecule has 3 atom stereocenters. The highest BCUT2D eigenvalue weighted by atomic mass is 16.4. The predicted molar refractivity (Wildman–Crippen MR) is 179 cm³/mol. The number of hydrogen-bond acceptors (Lipinski definition) is 4. The van der Waals surface area contributed by atoms with Gasteiger partial charge in [-0.1, -0.05) is 130 Å². The maximum Gasteiger partial charge on any atom is 0.312 e. The molecule has 0 spiro atoms. The van der Waals surface area contributed by atoms with Crippen molar-refractivity contribution >= 4 is 17.9 Å². The maximum atomic E-state index is 12.0. The number of rotatable bonds is 32. The molecule has 7 heteroatoms. The van der Waals surface area contributed by atoms with Crippen LogP contribution >= 0.6 is 0 Å². The average Bonchev–Trinajstić information content (AvgIpc) is 2.99. The average molecular weight is 624 g/mol. The quantitative estimate of drug-likeness (QED) is 0.0442. The number of aliphatic carboxylic acids is 3. The molecule has 0 fully saturated rings. The lowest BCUT2D eigenvalue weighted by Gasteiger charge is -2.44. The first kappa shape index (κ1) is 42.1. The van der Waals surface area contributed by atoms with Gasteiger partial charge in [-0.05, 0) is 38.5 Å². The van der Waals surface area contributed by atoms with Gasteiger partial charge in [-0.25, -0.2) is 0 Å². The molecule has 0 aliphatic carbocycles. The summed E-state index contributed by atoms with van der Waals surface area (Å²) in [5, 5.41) is 31.5. The molecule has 0 amide bonds. The van der Waals surface area contributed by atoms with Crippen LogP contribution in [0.2, 0.25) is 0 Å². The third-order valence-corrected chi connectivity index (χ3v) is 9.48. The molecule has 0 rings (SSSR count). The lowest BCUT2D eigenvalue weighted by Crippen LogP contribution is -2.59. The first-order valence-corrected chi connectivity index (χ1v) is 18.3. The molecule has 0 saturated heterocycles. The maximum absolute atomic E-state index is 12.0. The van der Waals surface area contributed by atoms with Crippen LogP contribution in [0.25, 0.3) is 0 Å². The van der Waals surface area contributed by atoms with Crippen LogP contribution in [0.15, 0.2) is 12.2 Å². The summed E-state index contributed by atoms with van der Waals surface area (Å²) in [4.78, 5) is 35.8. The smallest absolute Gasteiger partial charge is 0.312 e. The molecule has 0 aromatic heterocycles. The Labute approximate surface area is 270 Å². The van der Waals surface area contributed by atoms with Crippen molar-refractivity contribution in [1.29, 1.82) is 0 Å². The normalized spacial score (nSPS) is 15.2. The van der Waals surface area contributed by atoms with Gasteiger partial charge in [-0.2, -0.15) is 0 Å². The van der Waals surface area contributed by atoms with E-state index in [0.29, 0.717) is 25.8 Å². The van der Waals surface area contributed by atoms with Gasteiger partial charge < -0.3 is 24.6 Å². The van der Waals surface area contributed by atoms with Crippen molar-refractivity contribution < 1.29 is 34.2 Å². The zero-order chi connectivity index (χ0) is 33.1. The topological polar surface area (TPSA) is 115 Å². The summed E-state index contributed by atoms with van der Waals surface area (Å²) in [6.45, 7) is 8.93. The molecule has 0 heterocycles. The second-order valence-electron chi connectivity index (χ2n) is 13.3. The highest BCUT2D eigenvalue weighted by Crippen LogP contribution is 2.25. The zero-order valence-electron chi connectivity index (χ0n) is 29.0. The molecule has 0 aromatic carbocycles. The Balaban J connectivity index is 4.62. The first-order valence-electron chi connectivity index (χ1n) is 18.3. The van der Waals surface area contributed by atoms with E-state index in [-0.39, 0.29) is 24.1 Å². The second kappa shape index (κ2) is 27.4. The Morgan fingerprint density at radius 3 is 1.23 bits per heavy atom. The van der Waals surface area contributed by atoms with Crippen molar-refractivity contribution in [2.75, 3.05) is 26.2 Å². The number of nitrogens with zero attached hydrogens (tertiary/aromatic N) is 1. The van der Waals surface area contributed by atoms with Crippen LogP contribution in [0.3, 0.4) is 0 Å². The Bertz CT molecular complexity index is 707. The van der Waals surface area contributed by atoms with Gasteiger partial charge in [0.05, 0.1) is 32.1 Å². The minimum Gasteiger partial charge on any atom is -0.550 e. The van der Waals surface area contributed by atoms with Crippen molar-refractivity contribution in [2.45, 2.75) is 163 Å². The number of unbranched alkanes of at least 4 members (excludes halogenated alkanes) is 16. The number of carbonyl (C=O) groups excluding carboxylic acids is 1. The molecule has 44 heavy (non-hydrogen) atoms. The Morgan fingerprint density at radius 1 is 0.545 bits per heavy atom. The van der Waals surface area contributed by atoms with E-state index in [0.717, 1.165) is 19.3 Å². The largest absolute Gasteiger partial charge is 0.550 e. The van der Waals surface area contributed by atoms with Crippen molar-refractivity contribution in [1.82, 2.24) is 0 Å². The highest BCUT2D eigenvalue weighted by molar-refractivity contribution is 5.70. The van der Waals surface area contributed by atoms with Crippen molar-refractivity contribution in [2.24, 2.45) is 17.8 Å². The number of carboxylic acids is 3. The Hall–Kier alpha value is -1.89. The molecule has 0 radical (unpaired) electrons. The molecule has 2 N–H and O–H groups in total. The van der Waals surface area contributed by atoms with E-state index in [2.05, 4.69) is 19.1 Å². The Kier molecular flexibility index (Phi) is 26.2. The van der Waals surface area contributed by atoms with Gasteiger partial charge in [-0.15, -0.1) is 0 Å². The number of hydrogen-bond donors (Lipinski definition) is 2. The highest BCUT2D eigenvalue weighted by Gasteiger charge is 2.39. The van der Waals surface area contributed by atoms with Gasteiger partial charge in [0.1, 0.15) is 11.8 Å². The molecule has 0 aromatic rings. The SMILES string of the molecule is CCCCCCCCCCCCCCCCC/C=C/CCC[N+](CC(CC)C(=O)[O-])(CC(CC)C(=O)O)CC(CC)C(=O)O. The summed E-state index contributed by atoms with van der Waals surface area (Å²) in [7, 11) is 0. The third-order valence-electron chi connectivity index (χ3n) is 9.48. The van der Waals surface area contributed by atoms with Gasteiger partial charge >= 0.3 is 11.9 Å². The van der Waals surface area contributed by atoms with Crippen LogP contribution < -0.4 is 5.11 Å². The number of carbonyl (C=O) groups is 3. The molecular weight excluding hydrogens is 554 g/mol. The molecule has 7 nitrogen and oxygen atoms in total. The lowest BCUT2D eigenvalue weighted by molar-refractivity contribution is -0.935. The van der Waals surface area contributed by atoms with E-state index < -0.39 is 35.7 Å². The summed E-state index contributed by atoms with van der Waals surface area (Å²) < 4.78 is 0.189. The number of carboxylic acid groups (broad SMARTS) is 3. The lowest BCUT2D eigenvalue weighted by atomic mass is 9.95. The van der Waals surface area contributed by atoms with Crippen molar-refractivity contribution in [3.63, 3.8) is 0 Å². The van der Waals surface area contributed by atoms with E-state index in [1.807, 2.05) is 13.8 Å². The van der Waals surface area contributed by atoms with Crippen LogP contribution in [0.4, 0.5) is 0 Å². The van der Waals surface area contributed by atoms with Gasteiger partial charge in [0.15, 0.2) is 0 Å². The van der Waals surface area contributed by atoms with Crippen LogP contribution in [0.1, 0.15) is 163 Å². The predicted octanol–water partition coefficient (Wildman–Crippen LogP) is 8.40. The van der Waals surface area contributed by atoms with Crippen LogP contribution in [-0.2, 0) is 14.4 Å². The molecule has 0 aliphatic rings. The molecule has 0 aliphatic heterocycles. The van der Waals surface area contributed by atoms with E-state index in [9.17, 15) is 29.7 Å². The molecule has 0 saturated carbocycles. The van der Waals surface area contributed by atoms with Gasteiger partial charge in [0, 0.05) is 12.3 Å². The van der Waals surface area contributed by atoms with E-state index in [4.69, 9.17) is 0 Å². The second-order valence-corrected chi connectivity index (χ2v) is 13.3. The zero-order valence-corrected chi connectivity index (χ0v) is 29.0. The molecular formula is C37H69NO6. The van der Waals surface area contributed by atoms with Crippen LogP contribution in [-0.4, -0.2) is 58.8 Å². The van der Waals surface area contributed by atoms with Gasteiger partial charge in [0.2, 0.25) is 0 Å². The van der Waals surface area contributed by atoms with E-state index in [1.54, 1.807) is 6.92 Å². The molecule has 0 bridgehead atoms. The monoisotopic (exact) mass is 624 g/mol. The minimum absolute atomic E-state index is 0.189. The Morgan fingerprint density at radius 2 is 0.886 bits per heavy atom. The summed E-state index contributed by atoms with van der Waals surface area (Å²) in [5.74, 6) is -5.02. The first-order chi connectivity index (χ1) is 21.2. The van der Waals surface area contributed by atoms with Gasteiger partial charge in [0.25, 0.3) is 0 Å². The summed E-state index contributed by atoms with van der Waals surface area (Å²) in [5.41, 5.74) is 0. The molecule has 3 unspecified atom stereocenters. The van der Waals surface area contributed by atoms with E-state index in [1.165, 1.54) is 96.3 Å². The minimum atomic E-state index is -1.15. The number of allylic oxidation sites excluding steroid dienone is 2. The van der Waals surface area contributed by atoms with Crippen LogP contribution in [0, 0.1) is 17.8 Å².